The first-order valence-electron chi connectivity index (χ1n) is 8.57. The summed E-state index contributed by atoms with van der Waals surface area (Å²) in [5, 5.41) is 3.16. The van der Waals surface area contributed by atoms with Crippen molar-refractivity contribution in [1.82, 2.24) is 10.0 Å². The Labute approximate surface area is 158 Å². The second-order valence-electron chi connectivity index (χ2n) is 6.39. The fourth-order valence-corrected chi connectivity index (χ4v) is 4.16. The molecule has 148 valence electrons. The van der Waals surface area contributed by atoms with E-state index in [1.54, 1.807) is 44.2 Å². The Balaban J connectivity index is 2.03. The van der Waals surface area contributed by atoms with Crippen LogP contribution in [-0.4, -0.2) is 21.1 Å². The SMILES string of the molecule is CC(C)NS(=O)(=O)Cc1ccccc1CNCc1ccccc1OC(F)F. The zero-order chi connectivity index (χ0) is 19.9. The number of hydrogen-bond acceptors (Lipinski definition) is 4. The molecule has 0 aliphatic heterocycles. The highest BCUT2D eigenvalue weighted by Crippen LogP contribution is 2.20. The molecule has 2 rings (SSSR count). The molecule has 0 heterocycles. The third kappa shape index (κ3) is 7.24. The number of halogens is 2. The van der Waals surface area contributed by atoms with Gasteiger partial charge in [-0.3, -0.25) is 0 Å². The van der Waals surface area contributed by atoms with Crippen molar-refractivity contribution in [2.24, 2.45) is 0 Å². The molecule has 0 fully saturated rings. The lowest BCUT2D eigenvalue weighted by Gasteiger charge is -2.14. The zero-order valence-electron chi connectivity index (χ0n) is 15.3. The van der Waals surface area contributed by atoms with Gasteiger partial charge in [-0.2, -0.15) is 8.78 Å². The van der Waals surface area contributed by atoms with Crippen LogP contribution in [0.4, 0.5) is 8.78 Å². The molecule has 8 heteroatoms. The number of sulfonamides is 1. The fourth-order valence-electron chi connectivity index (χ4n) is 2.67. The lowest BCUT2D eigenvalue weighted by atomic mass is 10.1. The number of para-hydroxylation sites is 1. The van der Waals surface area contributed by atoms with Crippen molar-refractivity contribution in [3.05, 3.63) is 65.2 Å². The number of nitrogens with one attached hydrogen (secondary N) is 2. The standard InChI is InChI=1S/C19H24F2N2O3S/c1-14(2)23-27(24,25)13-17-9-4-3-7-15(17)11-22-12-16-8-5-6-10-18(16)26-19(20)21/h3-10,14,19,22-23H,11-13H2,1-2H3. The summed E-state index contributed by atoms with van der Waals surface area (Å²) in [6.07, 6.45) is 0. The second-order valence-corrected chi connectivity index (χ2v) is 8.14. The number of rotatable bonds is 10. The molecular formula is C19H24F2N2O3S. The van der Waals surface area contributed by atoms with E-state index < -0.39 is 16.6 Å². The third-order valence-corrected chi connectivity index (χ3v) is 5.22. The first-order valence-corrected chi connectivity index (χ1v) is 10.2. The minimum absolute atomic E-state index is 0.117. The Kier molecular flexibility index (Phi) is 7.70. The van der Waals surface area contributed by atoms with Gasteiger partial charge in [0.15, 0.2) is 0 Å². The molecule has 27 heavy (non-hydrogen) atoms. The first-order chi connectivity index (χ1) is 12.8. The molecule has 2 aromatic carbocycles. The Hall–Kier alpha value is -2.03. The maximum Gasteiger partial charge on any atom is 0.387 e. The largest absolute Gasteiger partial charge is 0.434 e. The van der Waals surface area contributed by atoms with Crippen LogP contribution in [0.2, 0.25) is 0 Å². The van der Waals surface area contributed by atoms with Crippen LogP contribution in [0.1, 0.15) is 30.5 Å². The summed E-state index contributed by atoms with van der Waals surface area (Å²) >= 11 is 0. The Bertz CT molecular complexity index is 842. The summed E-state index contributed by atoms with van der Waals surface area (Å²) in [4.78, 5) is 0. The van der Waals surface area contributed by atoms with Crippen molar-refractivity contribution in [2.45, 2.75) is 45.3 Å². The van der Waals surface area contributed by atoms with E-state index in [1.165, 1.54) is 6.07 Å². The van der Waals surface area contributed by atoms with Gasteiger partial charge < -0.3 is 10.1 Å². The molecule has 0 spiro atoms. The smallest absolute Gasteiger partial charge is 0.387 e. The van der Waals surface area contributed by atoms with E-state index in [2.05, 4.69) is 14.8 Å². The highest BCUT2D eigenvalue weighted by Gasteiger charge is 2.15. The van der Waals surface area contributed by atoms with Gasteiger partial charge in [0.05, 0.1) is 5.75 Å². The lowest BCUT2D eigenvalue weighted by Crippen LogP contribution is -2.31. The van der Waals surface area contributed by atoms with Crippen LogP contribution < -0.4 is 14.8 Å². The van der Waals surface area contributed by atoms with Crippen molar-refractivity contribution in [2.75, 3.05) is 0 Å². The van der Waals surface area contributed by atoms with Crippen LogP contribution in [0, 0.1) is 0 Å². The molecule has 0 amide bonds. The van der Waals surface area contributed by atoms with Gasteiger partial charge in [0, 0.05) is 24.7 Å². The van der Waals surface area contributed by atoms with Gasteiger partial charge >= 0.3 is 6.61 Å². The molecule has 0 aliphatic rings. The Morgan fingerprint density at radius 1 is 0.926 bits per heavy atom. The molecule has 0 bridgehead atoms. The van der Waals surface area contributed by atoms with E-state index in [4.69, 9.17) is 0 Å². The number of alkyl halides is 2. The van der Waals surface area contributed by atoms with Crippen LogP contribution in [0.25, 0.3) is 0 Å². The maximum atomic E-state index is 12.5. The molecular weight excluding hydrogens is 374 g/mol. The van der Waals surface area contributed by atoms with Crippen molar-refractivity contribution >= 4 is 10.0 Å². The molecule has 2 N–H and O–H groups in total. The Morgan fingerprint density at radius 2 is 1.48 bits per heavy atom. The van der Waals surface area contributed by atoms with Gasteiger partial charge in [0.25, 0.3) is 0 Å². The van der Waals surface area contributed by atoms with Gasteiger partial charge in [0.1, 0.15) is 5.75 Å². The van der Waals surface area contributed by atoms with Crippen LogP contribution in [0.5, 0.6) is 5.75 Å². The van der Waals surface area contributed by atoms with Crippen LogP contribution >= 0.6 is 0 Å². The summed E-state index contributed by atoms with van der Waals surface area (Å²) < 4.78 is 56.4. The number of benzene rings is 2. The third-order valence-electron chi connectivity index (χ3n) is 3.70. The predicted molar refractivity (Wildman–Crippen MR) is 101 cm³/mol. The molecule has 0 aromatic heterocycles. The highest BCUT2D eigenvalue weighted by molar-refractivity contribution is 7.88. The quantitative estimate of drug-likeness (QED) is 0.644. The normalized spacial score (nSPS) is 11.9. The second kappa shape index (κ2) is 9.77. The van der Waals surface area contributed by atoms with Crippen LogP contribution in [0.3, 0.4) is 0 Å². The summed E-state index contributed by atoms with van der Waals surface area (Å²) in [5.74, 6) is 0.00527. The van der Waals surface area contributed by atoms with Crippen molar-refractivity contribution in [3.8, 4) is 5.75 Å². The number of hydrogen-bond donors (Lipinski definition) is 2. The maximum absolute atomic E-state index is 12.5. The molecule has 5 nitrogen and oxygen atoms in total. The Morgan fingerprint density at radius 3 is 2.11 bits per heavy atom. The van der Waals surface area contributed by atoms with Gasteiger partial charge in [-0.05, 0) is 31.0 Å². The first kappa shape index (κ1) is 21.3. The van der Waals surface area contributed by atoms with Gasteiger partial charge in [-0.1, -0.05) is 42.5 Å². The summed E-state index contributed by atoms with van der Waals surface area (Å²) in [6, 6.07) is 13.6. The fraction of sp³-hybridized carbons (Fsp3) is 0.368. The summed E-state index contributed by atoms with van der Waals surface area (Å²) in [7, 11) is -3.43. The van der Waals surface area contributed by atoms with E-state index in [9.17, 15) is 17.2 Å². The molecule has 0 saturated heterocycles. The van der Waals surface area contributed by atoms with Crippen molar-refractivity contribution in [3.63, 3.8) is 0 Å². The molecule has 0 unspecified atom stereocenters. The van der Waals surface area contributed by atoms with E-state index >= 15 is 0 Å². The predicted octanol–water partition coefficient (Wildman–Crippen LogP) is 3.41. The highest BCUT2D eigenvalue weighted by atomic mass is 32.2. The minimum atomic E-state index is -3.43. The summed E-state index contributed by atoms with van der Waals surface area (Å²) in [6.45, 7) is 1.36. The topological polar surface area (TPSA) is 67.4 Å². The van der Waals surface area contributed by atoms with E-state index in [1.807, 2.05) is 12.1 Å². The van der Waals surface area contributed by atoms with E-state index in [0.29, 0.717) is 24.2 Å². The average molecular weight is 398 g/mol. The van der Waals surface area contributed by atoms with Crippen LogP contribution in [-0.2, 0) is 28.9 Å². The lowest BCUT2D eigenvalue weighted by molar-refractivity contribution is -0.0505. The molecule has 2 aromatic rings. The van der Waals surface area contributed by atoms with Crippen molar-refractivity contribution < 1.29 is 21.9 Å². The van der Waals surface area contributed by atoms with Crippen LogP contribution in [0.15, 0.2) is 48.5 Å². The minimum Gasteiger partial charge on any atom is -0.434 e. The average Bonchev–Trinajstić information content (AvgIpc) is 2.56. The number of ether oxygens (including phenoxy) is 1. The zero-order valence-corrected chi connectivity index (χ0v) is 16.1. The van der Waals surface area contributed by atoms with Gasteiger partial charge in [-0.15, -0.1) is 0 Å². The molecule has 0 radical (unpaired) electrons. The molecule has 0 atom stereocenters. The van der Waals surface area contributed by atoms with E-state index in [-0.39, 0.29) is 17.5 Å². The van der Waals surface area contributed by atoms with Gasteiger partial charge in [-0.25, -0.2) is 13.1 Å². The van der Waals surface area contributed by atoms with Gasteiger partial charge in [0.2, 0.25) is 10.0 Å². The molecule has 0 aliphatic carbocycles. The van der Waals surface area contributed by atoms with E-state index in [0.717, 1.165) is 5.56 Å². The van der Waals surface area contributed by atoms with Crippen molar-refractivity contribution in [1.29, 1.82) is 0 Å². The molecule has 0 saturated carbocycles. The monoisotopic (exact) mass is 398 g/mol. The summed E-state index contributed by atoms with van der Waals surface area (Å²) in [5.41, 5.74) is 2.12.